The number of anilines is 1. The third-order valence-corrected chi connectivity index (χ3v) is 4.68. The van der Waals surface area contributed by atoms with E-state index in [4.69, 9.17) is 0 Å². The molecule has 1 heterocycles. The number of carbonyl (C=O) groups excluding carboxylic acids is 1. The van der Waals surface area contributed by atoms with Crippen LogP contribution in [0.5, 0.6) is 0 Å². The summed E-state index contributed by atoms with van der Waals surface area (Å²) in [7, 11) is 0. The number of nitrogens with zero attached hydrogens (tertiary/aromatic N) is 1. The molecule has 0 aliphatic carbocycles. The SMILES string of the molecule is Cc1ccc(C(=O)Nc2ccc(Br)c(I)c2)cn1. The normalized spacial score (nSPS) is 10.2. The molecular formula is C13H10BrIN2O. The van der Waals surface area contributed by atoms with Gasteiger partial charge in [0.25, 0.3) is 5.91 Å². The molecule has 3 nitrogen and oxygen atoms in total. The van der Waals surface area contributed by atoms with Crippen LogP contribution in [0.2, 0.25) is 0 Å². The summed E-state index contributed by atoms with van der Waals surface area (Å²) in [6, 6.07) is 9.25. The van der Waals surface area contributed by atoms with Crippen molar-refractivity contribution in [3.05, 3.63) is 55.8 Å². The van der Waals surface area contributed by atoms with Crippen molar-refractivity contribution in [1.29, 1.82) is 0 Å². The molecule has 0 aliphatic heterocycles. The van der Waals surface area contributed by atoms with Gasteiger partial charge in [-0.05, 0) is 75.8 Å². The highest BCUT2D eigenvalue weighted by Crippen LogP contribution is 2.22. The summed E-state index contributed by atoms with van der Waals surface area (Å²) in [6.07, 6.45) is 1.58. The van der Waals surface area contributed by atoms with Crippen molar-refractivity contribution in [3.63, 3.8) is 0 Å². The highest BCUT2D eigenvalue weighted by atomic mass is 127. The fraction of sp³-hybridized carbons (Fsp3) is 0.0769. The Morgan fingerprint density at radius 3 is 2.72 bits per heavy atom. The van der Waals surface area contributed by atoms with Gasteiger partial charge in [0.1, 0.15) is 0 Å². The second kappa shape index (κ2) is 5.79. The molecule has 2 aromatic rings. The van der Waals surface area contributed by atoms with Gasteiger partial charge in [0.2, 0.25) is 0 Å². The lowest BCUT2D eigenvalue weighted by molar-refractivity contribution is 0.102. The fourth-order valence-corrected chi connectivity index (χ4v) is 2.14. The Morgan fingerprint density at radius 2 is 2.11 bits per heavy atom. The van der Waals surface area contributed by atoms with Crippen LogP contribution in [0.3, 0.4) is 0 Å². The topological polar surface area (TPSA) is 42.0 Å². The first-order chi connectivity index (χ1) is 8.56. The summed E-state index contributed by atoms with van der Waals surface area (Å²) in [4.78, 5) is 16.1. The quantitative estimate of drug-likeness (QED) is 0.751. The Bertz CT molecular complexity index is 584. The van der Waals surface area contributed by atoms with Gasteiger partial charge < -0.3 is 5.32 Å². The molecule has 0 fully saturated rings. The van der Waals surface area contributed by atoms with Gasteiger partial charge >= 0.3 is 0 Å². The fourth-order valence-electron chi connectivity index (χ4n) is 1.38. The highest BCUT2D eigenvalue weighted by molar-refractivity contribution is 14.1. The summed E-state index contributed by atoms with van der Waals surface area (Å²) < 4.78 is 2.06. The first-order valence-corrected chi connectivity index (χ1v) is 7.12. The Morgan fingerprint density at radius 1 is 1.33 bits per heavy atom. The molecule has 0 spiro atoms. The van der Waals surface area contributed by atoms with E-state index in [1.807, 2.05) is 31.2 Å². The van der Waals surface area contributed by atoms with Crippen LogP contribution >= 0.6 is 38.5 Å². The molecule has 0 atom stereocenters. The van der Waals surface area contributed by atoms with E-state index in [0.29, 0.717) is 5.56 Å². The number of rotatable bonds is 2. The van der Waals surface area contributed by atoms with Crippen molar-refractivity contribution >= 4 is 50.1 Å². The van der Waals surface area contributed by atoms with E-state index in [-0.39, 0.29) is 5.91 Å². The first-order valence-electron chi connectivity index (χ1n) is 5.25. The highest BCUT2D eigenvalue weighted by Gasteiger charge is 2.07. The van der Waals surface area contributed by atoms with E-state index in [2.05, 4.69) is 48.8 Å². The minimum absolute atomic E-state index is 0.152. The van der Waals surface area contributed by atoms with E-state index in [9.17, 15) is 4.79 Å². The molecule has 0 saturated carbocycles. The molecule has 0 unspecified atom stereocenters. The van der Waals surface area contributed by atoms with Crippen LogP contribution in [0.15, 0.2) is 41.0 Å². The average Bonchev–Trinajstić information content (AvgIpc) is 2.34. The van der Waals surface area contributed by atoms with E-state index in [1.165, 1.54) is 0 Å². The van der Waals surface area contributed by atoms with Gasteiger partial charge in [-0.15, -0.1) is 0 Å². The number of aryl methyl sites for hydroxylation is 1. The van der Waals surface area contributed by atoms with Gasteiger partial charge in [0, 0.05) is 25.6 Å². The van der Waals surface area contributed by atoms with E-state index < -0.39 is 0 Å². The molecule has 18 heavy (non-hydrogen) atoms. The standard InChI is InChI=1S/C13H10BrIN2O/c1-8-2-3-9(7-16-8)13(18)17-10-4-5-11(14)12(15)6-10/h2-7H,1H3,(H,17,18). The zero-order chi connectivity index (χ0) is 13.1. The Labute approximate surface area is 127 Å². The van der Waals surface area contributed by atoms with E-state index in [0.717, 1.165) is 19.4 Å². The molecule has 0 bridgehead atoms. The smallest absolute Gasteiger partial charge is 0.257 e. The molecule has 0 radical (unpaired) electrons. The first kappa shape index (κ1) is 13.5. The summed E-state index contributed by atoms with van der Waals surface area (Å²) in [5, 5.41) is 2.84. The second-order valence-electron chi connectivity index (χ2n) is 3.77. The third-order valence-electron chi connectivity index (χ3n) is 2.35. The zero-order valence-corrected chi connectivity index (χ0v) is 13.3. The summed E-state index contributed by atoms with van der Waals surface area (Å²) >= 11 is 5.62. The van der Waals surface area contributed by atoms with Crippen molar-refractivity contribution in [3.8, 4) is 0 Å². The van der Waals surface area contributed by atoms with Crippen LogP contribution < -0.4 is 5.32 Å². The molecule has 0 aliphatic rings. The van der Waals surface area contributed by atoms with Gasteiger partial charge in [-0.1, -0.05) is 0 Å². The number of pyridine rings is 1. The molecule has 92 valence electrons. The predicted molar refractivity (Wildman–Crippen MR) is 83.8 cm³/mol. The number of carbonyl (C=O) groups is 1. The molecule has 2 rings (SSSR count). The molecule has 0 saturated heterocycles. The Balaban J connectivity index is 2.16. The van der Waals surface area contributed by atoms with Gasteiger partial charge in [-0.3, -0.25) is 9.78 Å². The molecule has 1 amide bonds. The molecule has 1 aromatic carbocycles. The monoisotopic (exact) mass is 416 g/mol. The Hall–Kier alpha value is -0.950. The van der Waals surface area contributed by atoms with Crippen LogP contribution in [-0.2, 0) is 0 Å². The van der Waals surface area contributed by atoms with Crippen molar-refractivity contribution in [2.24, 2.45) is 0 Å². The third kappa shape index (κ3) is 3.29. The minimum atomic E-state index is -0.152. The van der Waals surface area contributed by atoms with Crippen LogP contribution in [-0.4, -0.2) is 10.9 Å². The molecule has 5 heteroatoms. The number of amides is 1. The van der Waals surface area contributed by atoms with Gasteiger partial charge in [0.05, 0.1) is 5.56 Å². The number of hydrogen-bond donors (Lipinski definition) is 1. The van der Waals surface area contributed by atoms with Crippen molar-refractivity contribution in [2.75, 3.05) is 5.32 Å². The van der Waals surface area contributed by atoms with Gasteiger partial charge in [0.15, 0.2) is 0 Å². The van der Waals surface area contributed by atoms with Crippen LogP contribution in [0.4, 0.5) is 5.69 Å². The largest absolute Gasteiger partial charge is 0.322 e. The molecule has 1 aromatic heterocycles. The maximum Gasteiger partial charge on any atom is 0.257 e. The van der Waals surface area contributed by atoms with E-state index >= 15 is 0 Å². The lowest BCUT2D eigenvalue weighted by atomic mass is 10.2. The van der Waals surface area contributed by atoms with Gasteiger partial charge in [-0.2, -0.15) is 0 Å². The van der Waals surface area contributed by atoms with E-state index in [1.54, 1.807) is 12.3 Å². The van der Waals surface area contributed by atoms with Crippen molar-refractivity contribution < 1.29 is 4.79 Å². The number of benzene rings is 1. The Kier molecular flexibility index (Phi) is 4.34. The van der Waals surface area contributed by atoms with Crippen LogP contribution in [0.1, 0.15) is 16.1 Å². The zero-order valence-electron chi connectivity index (χ0n) is 9.58. The van der Waals surface area contributed by atoms with Crippen LogP contribution in [0.25, 0.3) is 0 Å². The minimum Gasteiger partial charge on any atom is -0.322 e. The lowest BCUT2D eigenvalue weighted by Gasteiger charge is -2.06. The predicted octanol–water partition coefficient (Wildman–Crippen LogP) is 4.01. The van der Waals surface area contributed by atoms with Crippen molar-refractivity contribution in [2.45, 2.75) is 6.92 Å². The molecular weight excluding hydrogens is 407 g/mol. The van der Waals surface area contributed by atoms with Crippen LogP contribution in [0, 0.1) is 10.5 Å². The number of nitrogens with one attached hydrogen (secondary N) is 1. The maximum absolute atomic E-state index is 12.0. The number of aromatic nitrogens is 1. The summed E-state index contributed by atoms with van der Waals surface area (Å²) in [5.74, 6) is -0.152. The molecule has 1 N–H and O–H groups in total. The number of halogens is 2. The maximum atomic E-state index is 12.0. The van der Waals surface area contributed by atoms with Crippen molar-refractivity contribution in [1.82, 2.24) is 4.98 Å². The number of hydrogen-bond acceptors (Lipinski definition) is 2. The lowest BCUT2D eigenvalue weighted by Crippen LogP contribution is -2.12. The van der Waals surface area contributed by atoms with Gasteiger partial charge in [-0.25, -0.2) is 0 Å². The summed E-state index contributed by atoms with van der Waals surface area (Å²) in [5.41, 5.74) is 2.22. The average molecular weight is 417 g/mol. The summed E-state index contributed by atoms with van der Waals surface area (Å²) in [6.45, 7) is 1.89. The second-order valence-corrected chi connectivity index (χ2v) is 5.79.